The molecule has 2 aliphatic heterocycles. The zero-order valence-corrected chi connectivity index (χ0v) is 15.4. The Bertz CT molecular complexity index is 588. The van der Waals surface area contributed by atoms with Gasteiger partial charge in [-0.3, -0.25) is 9.69 Å². The van der Waals surface area contributed by atoms with Crippen LogP contribution in [0.15, 0.2) is 11.4 Å². The molecule has 4 rings (SSSR count). The number of carbonyl (C=O) groups excluding carboxylic acids is 1. The second kappa shape index (κ2) is 6.77. The second-order valence-corrected chi connectivity index (χ2v) is 8.83. The molecule has 1 aromatic rings. The Morgan fingerprint density at radius 1 is 1.38 bits per heavy atom. The van der Waals surface area contributed by atoms with E-state index in [1.54, 1.807) is 0 Å². The number of likely N-dealkylation sites (tertiary alicyclic amines) is 1. The summed E-state index contributed by atoms with van der Waals surface area (Å²) in [4.78, 5) is 16.3. The highest BCUT2D eigenvalue weighted by molar-refractivity contribution is 7.10. The topological polar surface area (TPSA) is 41.6 Å². The maximum absolute atomic E-state index is 12.2. The molecule has 3 heterocycles. The van der Waals surface area contributed by atoms with Gasteiger partial charge in [0, 0.05) is 23.9 Å². The smallest absolute Gasteiger partial charge is 0.223 e. The monoisotopic (exact) mass is 348 g/mol. The standard InChI is InChI=1S/C19H28N2O2S/c1-14-4-11-24-16(14)12-21-8-5-19(6-9-21)7-10-23-13-17(19)20-18(22)15-2-3-15/h4,11,15,17H,2-3,5-10,12-13H2,1H3,(H,20,22). The van der Waals surface area contributed by atoms with Gasteiger partial charge in [0.1, 0.15) is 0 Å². The molecule has 1 atom stereocenters. The van der Waals surface area contributed by atoms with E-state index in [4.69, 9.17) is 4.74 Å². The summed E-state index contributed by atoms with van der Waals surface area (Å²) >= 11 is 1.87. The SMILES string of the molecule is Cc1ccsc1CN1CCC2(CCOCC2NC(=O)C2CC2)CC1. The highest BCUT2D eigenvalue weighted by Gasteiger charge is 2.45. The molecule has 0 aromatic carbocycles. The Balaban J connectivity index is 1.37. The van der Waals surface area contributed by atoms with Crippen LogP contribution in [0.4, 0.5) is 0 Å². The van der Waals surface area contributed by atoms with Crippen molar-refractivity contribution in [3.8, 4) is 0 Å². The molecule has 1 aliphatic carbocycles. The predicted molar refractivity (Wildman–Crippen MR) is 96.1 cm³/mol. The van der Waals surface area contributed by atoms with Gasteiger partial charge in [0.2, 0.25) is 5.91 Å². The minimum atomic E-state index is 0.213. The number of hydrogen-bond acceptors (Lipinski definition) is 4. The van der Waals surface area contributed by atoms with Crippen molar-refractivity contribution < 1.29 is 9.53 Å². The van der Waals surface area contributed by atoms with Crippen molar-refractivity contribution in [1.29, 1.82) is 0 Å². The quantitative estimate of drug-likeness (QED) is 0.910. The average molecular weight is 349 g/mol. The molecule has 132 valence electrons. The van der Waals surface area contributed by atoms with Crippen molar-refractivity contribution in [3.05, 3.63) is 21.9 Å². The Morgan fingerprint density at radius 3 is 2.83 bits per heavy atom. The molecule has 2 saturated heterocycles. The lowest BCUT2D eigenvalue weighted by molar-refractivity contribution is -0.127. The molecule has 1 unspecified atom stereocenters. The molecule has 1 spiro atoms. The molecule has 1 saturated carbocycles. The normalized spacial score (nSPS) is 27.3. The first-order valence-electron chi connectivity index (χ1n) is 9.30. The van der Waals surface area contributed by atoms with Crippen molar-refractivity contribution in [3.63, 3.8) is 0 Å². The molecular formula is C19H28N2O2S. The first-order chi connectivity index (χ1) is 11.7. The molecular weight excluding hydrogens is 320 g/mol. The predicted octanol–water partition coefficient (Wildman–Crippen LogP) is 2.95. The maximum Gasteiger partial charge on any atom is 0.223 e. The van der Waals surface area contributed by atoms with Crippen LogP contribution in [-0.2, 0) is 16.1 Å². The van der Waals surface area contributed by atoms with E-state index in [1.165, 1.54) is 23.3 Å². The minimum Gasteiger partial charge on any atom is -0.379 e. The van der Waals surface area contributed by atoms with E-state index in [2.05, 4.69) is 28.6 Å². The summed E-state index contributed by atoms with van der Waals surface area (Å²) in [6.45, 7) is 7.09. The van der Waals surface area contributed by atoms with Gasteiger partial charge in [0.25, 0.3) is 0 Å². The van der Waals surface area contributed by atoms with Gasteiger partial charge in [-0.05, 0) is 74.5 Å². The fourth-order valence-electron chi connectivity index (χ4n) is 4.18. The molecule has 1 N–H and O–H groups in total. The van der Waals surface area contributed by atoms with E-state index in [0.29, 0.717) is 6.61 Å². The van der Waals surface area contributed by atoms with Crippen LogP contribution in [0.5, 0.6) is 0 Å². The summed E-state index contributed by atoms with van der Waals surface area (Å²) in [6.07, 6.45) is 5.59. The van der Waals surface area contributed by atoms with E-state index in [1.807, 2.05) is 11.3 Å². The second-order valence-electron chi connectivity index (χ2n) is 7.83. The lowest BCUT2D eigenvalue weighted by atomic mass is 9.69. The van der Waals surface area contributed by atoms with Gasteiger partial charge < -0.3 is 10.1 Å². The Morgan fingerprint density at radius 2 is 2.17 bits per heavy atom. The number of piperidine rings is 1. The van der Waals surface area contributed by atoms with Gasteiger partial charge >= 0.3 is 0 Å². The third-order valence-corrected chi connectivity index (χ3v) is 7.23. The van der Waals surface area contributed by atoms with Gasteiger partial charge in [0.15, 0.2) is 0 Å². The molecule has 24 heavy (non-hydrogen) atoms. The Labute approximate surface area is 148 Å². The third kappa shape index (κ3) is 3.39. The molecule has 5 heteroatoms. The highest BCUT2D eigenvalue weighted by Crippen LogP contribution is 2.42. The van der Waals surface area contributed by atoms with E-state index in [0.717, 1.165) is 45.5 Å². The number of nitrogens with zero attached hydrogens (tertiary/aromatic N) is 1. The number of amides is 1. The average Bonchev–Trinajstić information content (AvgIpc) is 3.37. The Hall–Kier alpha value is -0.910. The lowest BCUT2D eigenvalue weighted by Gasteiger charge is -2.49. The summed E-state index contributed by atoms with van der Waals surface area (Å²) in [7, 11) is 0. The van der Waals surface area contributed by atoms with Crippen LogP contribution in [0.25, 0.3) is 0 Å². The third-order valence-electron chi connectivity index (χ3n) is 6.22. The molecule has 3 aliphatic rings. The van der Waals surface area contributed by atoms with E-state index in [9.17, 15) is 4.79 Å². The van der Waals surface area contributed by atoms with Gasteiger partial charge in [0.05, 0.1) is 12.6 Å². The zero-order chi connectivity index (χ0) is 16.6. The molecule has 3 fully saturated rings. The number of nitrogens with one attached hydrogen (secondary N) is 1. The van der Waals surface area contributed by atoms with Crippen LogP contribution in [-0.4, -0.2) is 43.2 Å². The summed E-state index contributed by atoms with van der Waals surface area (Å²) in [6, 6.07) is 2.43. The van der Waals surface area contributed by atoms with E-state index in [-0.39, 0.29) is 23.3 Å². The first kappa shape index (κ1) is 16.6. The van der Waals surface area contributed by atoms with Gasteiger partial charge in [-0.2, -0.15) is 0 Å². The Kier molecular flexibility index (Phi) is 4.67. The van der Waals surface area contributed by atoms with Crippen molar-refractivity contribution in [2.24, 2.45) is 11.3 Å². The molecule has 1 aromatic heterocycles. The number of aryl methyl sites for hydroxylation is 1. The maximum atomic E-state index is 12.2. The number of thiophene rings is 1. The van der Waals surface area contributed by atoms with Gasteiger partial charge in [-0.15, -0.1) is 11.3 Å². The fraction of sp³-hybridized carbons (Fsp3) is 0.737. The van der Waals surface area contributed by atoms with Crippen molar-refractivity contribution in [1.82, 2.24) is 10.2 Å². The zero-order valence-electron chi connectivity index (χ0n) is 14.6. The molecule has 0 radical (unpaired) electrons. The summed E-state index contributed by atoms with van der Waals surface area (Å²) in [5, 5.41) is 5.52. The van der Waals surface area contributed by atoms with E-state index >= 15 is 0 Å². The van der Waals surface area contributed by atoms with Crippen LogP contribution >= 0.6 is 11.3 Å². The highest BCUT2D eigenvalue weighted by atomic mass is 32.1. The summed E-state index contributed by atoms with van der Waals surface area (Å²) < 4.78 is 5.71. The van der Waals surface area contributed by atoms with Crippen LogP contribution in [0.2, 0.25) is 0 Å². The minimum absolute atomic E-state index is 0.213. The lowest BCUT2D eigenvalue weighted by Crippen LogP contribution is -2.57. The first-order valence-corrected chi connectivity index (χ1v) is 10.2. The van der Waals surface area contributed by atoms with Crippen LogP contribution < -0.4 is 5.32 Å². The van der Waals surface area contributed by atoms with Gasteiger partial charge in [-0.25, -0.2) is 0 Å². The van der Waals surface area contributed by atoms with Crippen LogP contribution in [0.3, 0.4) is 0 Å². The largest absolute Gasteiger partial charge is 0.379 e. The number of ether oxygens (including phenoxy) is 1. The van der Waals surface area contributed by atoms with Gasteiger partial charge in [-0.1, -0.05) is 0 Å². The molecule has 4 nitrogen and oxygen atoms in total. The molecule has 1 amide bonds. The van der Waals surface area contributed by atoms with E-state index < -0.39 is 0 Å². The fourth-order valence-corrected chi connectivity index (χ4v) is 5.13. The number of carbonyl (C=O) groups is 1. The van der Waals surface area contributed by atoms with Crippen molar-refractivity contribution in [2.45, 2.75) is 51.6 Å². The summed E-state index contributed by atoms with van der Waals surface area (Å²) in [5.74, 6) is 0.549. The number of hydrogen-bond donors (Lipinski definition) is 1. The summed E-state index contributed by atoms with van der Waals surface area (Å²) in [5.41, 5.74) is 1.67. The van der Waals surface area contributed by atoms with Crippen LogP contribution in [0.1, 0.15) is 42.5 Å². The van der Waals surface area contributed by atoms with Crippen LogP contribution in [0, 0.1) is 18.3 Å². The van der Waals surface area contributed by atoms with Crippen molar-refractivity contribution in [2.75, 3.05) is 26.3 Å². The number of rotatable bonds is 4. The molecule has 0 bridgehead atoms. The van der Waals surface area contributed by atoms with Crippen molar-refractivity contribution >= 4 is 17.2 Å².